The molecule has 206 valence electrons. The summed E-state index contributed by atoms with van der Waals surface area (Å²) in [5, 5.41) is 5.74. The molecule has 2 aliphatic heterocycles. The van der Waals surface area contributed by atoms with E-state index in [0.29, 0.717) is 0 Å². The first-order chi connectivity index (χ1) is 20.5. The van der Waals surface area contributed by atoms with Crippen molar-refractivity contribution in [1.29, 1.82) is 0 Å². The third-order valence-electron chi connectivity index (χ3n) is 10.8. The lowest BCUT2D eigenvalue weighted by Crippen LogP contribution is -2.55. The molecule has 0 N–H and O–H groups in total. The smallest absolute Gasteiger partial charge is 0.254 e. The summed E-state index contributed by atoms with van der Waals surface area (Å²) >= 11 is 0. The number of carbonyl (C=O) groups excluding carboxylic acids is 4. The lowest BCUT2D eigenvalue weighted by atomic mass is 9.47. The van der Waals surface area contributed by atoms with Crippen LogP contribution in [0.1, 0.15) is 40.2 Å². The number of hydrazone groups is 1. The van der Waals surface area contributed by atoms with Crippen molar-refractivity contribution in [1.82, 2.24) is 9.91 Å². The summed E-state index contributed by atoms with van der Waals surface area (Å²) in [5.74, 6) is -3.17. The van der Waals surface area contributed by atoms with Crippen LogP contribution in [-0.2, 0) is 31.1 Å². The normalized spacial score (nSPS) is 34.9. The Hall–Kier alpha value is -4.65. The average molecular weight is 554 g/mol. The van der Waals surface area contributed by atoms with Crippen LogP contribution >= 0.6 is 0 Å². The van der Waals surface area contributed by atoms with Gasteiger partial charge in [-0.3, -0.25) is 24.1 Å². The highest BCUT2D eigenvalue weighted by Gasteiger charge is 2.68. The fraction of sp³-hybridized carbons (Fsp3) is 0.286. The molecule has 7 aliphatic rings. The summed E-state index contributed by atoms with van der Waals surface area (Å²) in [4.78, 5) is 57.2. The van der Waals surface area contributed by atoms with E-state index in [0.717, 1.165) is 39.2 Å². The van der Waals surface area contributed by atoms with Crippen LogP contribution in [0.15, 0.2) is 96.1 Å². The van der Waals surface area contributed by atoms with Crippen LogP contribution in [0.3, 0.4) is 0 Å². The van der Waals surface area contributed by atoms with Gasteiger partial charge in [-0.1, -0.05) is 91.0 Å². The van der Waals surface area contributed by atoms with Gasteiger partial charge in [-0.05, 0) is 46.1 Å². The molecule has 5 aliphatic carbocycles. The summed E-state index contributed by atoms with van der Waals surface area (Å²) in [7, 11) is 0. The molecule has 3 aromatic carbocycles. The number of hydrogen-bond donors (Lipinski definition) is 0. The minimum atomic E-state index is -1.11. The highest BCUT2D eigenvalue weighted by atomic mass is 16.2. The molecule has 1 saturated carbocycles. The van der Waals surface area contributed by atoms with E-state index in [4.69, 9.17) is 0 Å². The van der Waals surface area contributed by atoms with Crippen molar-refractivity contribution >= 4 is 29.8 Å². The highest BCUT2D eigenvalue weighted by molar-refractivity contribution is 6.12. The second-order valence-electron chi connectivity index (χ2n) is 12.5. The molecule has 10 rings (SSSR count). The van der Waals surface area contributed by atoms with E-state index in [1.165, 1.54) is 4.90 Å². The van der Waals surface area contributed by atoms with Crippen molar-refractivity contribution in [2.75, 3.05) is 0 Å². The lowest BCUT2D eigenvalue weighted by molar-refractivity contribution is -0.142. The lowest BCUT2D eigenvalue weighted by Gasteiger charge is -2.52. The van der Waals surface area contributed by atoms with Gasteiger partial charge in [0.25, 0.3) is 11.8 Å². The van der Waals surface area contributed by atoms with E-state index in [2.05, 4.69) is 17.3 Å². The average Bonchev–Trinajstić information content (AvgIpc) is 3.77. The van der Waals surface area contributed by atoms with Crippen molar-refractivity contribution in [3.05, 3.63) is 119 Å². The minimum absolute atomic E-state index is 0.0753. The number of carbonyl (C=O) groups is 4. The number of nitrogens with zero attached hydrogens (tertiary/aromatic N) is 3. The predicted molar refractivity (Wildman–Crippen MR) is 153 cm³/mol. The van der Waals surface area contributed by atoms with Gasteiger partial charge in [-0.15, -0.1) is 0 Å². The van der Waals surface area contributed by atoms with Crippen LogP contribution in [0.4, 0.5) is 0 Å². The van der Waals surface area contributed by atoms with Gasteiger partial charge in [0.2, 0.25) is 11.8 Å². The largest absolute Gasteiger partial charge is 0.278 e. The Labute approximate surface area is 242 Å². The number of likely N-dealkylation sites (tertiary alicyclic amines) is 1. The van der Waals surface area contributed by atoms with Crippen LogP contribution < -0.4 is 0 Å². The molecule has 42 heavy (non-hydrogen) atoms. The predicted octanol–water partition coefficient (Wildman–Crippen LogP) is 4.03. The molecule has 0 spiro atoms. The zero-order valence-corrected chi connectivity index (χ0v) is 22.7. The summed E-state index contributed by atoms with van der Waals surface area (Å²) < 4.78 is 0. The Morgan fingerprint density at radius 2 is 1.26 bits per heavy atom. The Bertz CT molecular complexity index is 1720. The zero-order valence-electron chi connectivity index (χ0n) is 22.7. The number of fused-ring (bicyclic) bond motifs is 5. The number of benzene rings is 3. The molecule has 3 aromatic rings. The molecule has 0 unspecified atom stereocenters. The van der Waals surface area contributed by atoms with E-state index in [-0.39, 0.29) is 59.8 Å². The molecular weight excluding hydrogens is 526 g/mol. The van der Waals surface area contributed by atoms with E-state index in [1.54, 1.807) is 6.21 Å². The number of amides is 4. The first kappa shape index (κ1) is 24.0. The highest BCUT2D eigenvalue weighted by Crippen LogP contribution is 2.63. The maximum Gasteiger partial charge on any atom is 0.254 e. The third kappa shape index (κ3) is 2.79. The number of allylic oxidation sites excluding steroid dienone is 2. The van der Waals surface area contributed by atoms with Gasteiger partial charge in [0, 0.05) is 12.1 Å². The molecule has 2 saturated heterocycles. The molecule has 7 nitrogen and oxygen atoms in total. The van der Waals surface area contributed by atoms with Crippen LogP contribution in [0.25, 0.3) is 0 Å². The molecule has 2 heterocycles. The first-order valence-electron chi connectivity index (χ1n) is 14.7. The van der Waals surface area contributed by atoms with E-state index < -0.39 is 17.3 Å². The maximum atomic E-state index is 14.4. The fourth-order valence-corrected chi connectivity index (χ4v) is 9.18. The SMILES string of the molecule is O=C1[C@@H]2C3c4ccccc4C(/C=N\N4C(=O)[C@@H]5[C@H](C4=O)[C@H]4C=C[C@H]5C4)(c4ccccc43)[C@H]2C(=O)N1Cc1ccccc1. The molecule has 3 fully saturated rings. The molecule has 6 atom stereocenters. The van der Waals surface area contributed by atoms with Crippen molar-refractivity contribution in [3.63, 3.8) is 0 Å². The quantitative estimate of drug-likeness (QED) is 0.277. The van der Waals surface area contributed by atoms with E-state index >= 15 is 0 Å². The van der Waals surface area contributed by atoms with Gasteiger partial charge >= 0.3 is 0 Å². The molecule has 4 bridgehead atoms. The molecule has 7 heteroatoms. The Morgan fingerprint density at radius 3 is 1.88 bits per heavy atom. The van der Waals surface area contributed by atoms with Gasteiger partial charge < -0.3 is 0 Å². The van der Waals surface area contributed by atoms with Crippen LogP contribution in [-0.4, -0.2) is 39.8 Å². The second-order valence-corrected chi connectivity index (χ2v) is 12.5. The molecular formula is C35H27N3O4. The topological polar surface area (TPSA) is 87.1 Å². The van der Waals surface area contributed by atoms with Crippen molar-refractivity contribution in [2.45, 2.75) is 24.3 Å². The monoisotopic (exact) mass is 553 g/mol. The van der Waals surface area contributed by atoms with Gasteiger partial charge in [-0.2, -0.15) is 10.1 Å². The summed E-state index contributed by atoms with van der Waals surface area (Å²) in [6, 6.07) is 25.4. The van der Waals surface area contributed by atoms with Gasteiger partial charge in [0.1, 0.15) is 0 Å². The van der Waals surface area contributed by atoms with Crippen molar-refractivity contribution in [3.8, 4) is 0 Å². The van der Waals surface area contributed by atoms with E-state index in [1.807, 2.05) is 78.9 Å². The second kappa shape index (κ2) is 8.22. The molecule has 0 aromatic heterocycles. The zero-order chi connectivity index (χ0) is 28.3. The summed E-state index contributed by atoms with van der Waals surface area (Å²) in [6.45, 7) is 0.195. The summed E-state index contributed by atoms with van der Waals surface area (Å²) in [5.41, 5.74) is 3.56. The first-order valence-corrected chi connectivity index (χ1v) is 14.7. The Balaban J connectivity index is 1.21. The Kier molecular flexibility index (Phi) is 4.69. The van der Waals surface area contributed by atoms with Crippen LogP contribution in [0.5, 0.6) is 0 Å². The van der Waals surface area contributed by atoms with E-state index in [9.17, 15) is 19.2 Å². The van der Waals surface area contributed by atoms with Gasteiger partial charge in [0.05, 0.1) is 35.6 Å². The number of rotatable bonds is 4. The molecule has 0 radical (unpaired) electrons. The van der Waals surface area contributed by atoms with Gasteiger partial charge in [0.15, 0.2) is 0 Å². The number of imide groups is 2. The van der Waals surface area contributed by atoms with Crippen LogP contribution in [0, 0.1) is 35.5 Å². The minimum Gasteiger partial charge on any atom is -0.278 e. The number of hydrogen-bond acceptors (Lipinski definition) is 5. The standard InChI is InChI=1S/C35H27N3O4/c39-31-29-28-22-10-4-6-12-24(22)35(25-13-7-5-11-23(25)28,30(29)34(42)37(31)17-19-8-2-1-3-9-19)18-36-38-32(40)26-20-14-15-21(16-20)27(26)33(38)41/h1-15,18,20-21,26-30H,16-17H2/b36-18-/t20-,21-,26-,27+,28?,29+,30+,35?/m0/s1. The van der Waals surface area contributed by atoms with Crippen molar-refractivity contribution < 1.29 is 19.2 Å². The molecule has 4 amide bonds. The van der Waals surface area contributed by atoms with Crippen LogP contribution in [0.2, 0.25) is 0 Å². The fourth-order valence-electron chi connectivity index (χ4n) is 9.18. The Morgan fingerprint density at radius 1 is 0.690 bits per heavy atom. The van der Waals surface area contributed by atoms with Gasteiger partial charge in [-0.25, -0.2) is 0 Å². The third-order valence-corrected chi connectivity index (χ3v) is 10.8. The summed E-state index contributed by atoms with van der Waals surface area (Å²) in [6.07, 6.45) is 6.62. The van der Waals surface area contributed by atoms with Crippen molar-refractivity contribution in [2.24, 2.45) is 40.6 Å². The maximum absolute atomic E-state index is 14.4.